The molecule has 0 amide bonds. The molecule has 0 unspecified atom stereocenters. The lowest BCUT2D eigenvalue weighted by Crippen LogP contribution is -2.40. The number of carbonyl (C=O) groups is 1. The quantitative estimate of drug-likeness (QED) is 0.186. The largest absolute Gasteiger partial charge is 0.493 e. The Bertz CT molecular complexity index is 1820. The maximum Gasteiger partial charge on any atom is 0.338 e. The maximum atomic E-state index is 13.9. The summed E-state index contributed by atoms with van der Waals surface area (Å²) in [6.07, 6.45) is 1.70. The molecule has 0 aliphatic carbocycles. The van der Waals surface area contributed by atoms with Crippen molar-refractivity contribution in [2.75, 3.05) is 20.8 Å². The first-order valence-corrected chi connectivity index (χ1v) is 14.9. The number of benzene rings is 2. The number of halogens is 2. The molecule has 4 aromatic rings. The molecule has 1 aliphatic heterocycles. The molecule has 0 saturated heterocycles. The summed E-state index contributed by atoms with van der Waals surface area (Å²) in [7, 11) is 3.07. The van der Waals surface area contributed by atoms with Crippen LogP contribution in [0.2, 0.25) is 0 Å². The second-order valence-corrected chi connectivity index (χ2v) is 11.8. The van der Waals surface area contributed by atoms with E-state index in [0.29, 0.717) is 48.1 Å². The minimum Gasteiger partial charge on any atom is -0.493 e. The van der Waals surface area contributed by atoms with Crippen LogP contribution >= 0.6 is 49.9 Å². The Kier molecular flexibility index (Phi) is 8.34. The highest BCUT2D eigenvalue weighted by atomic mass is 127. The van der Waals surface area contributed by atoms with E-state index in [0.717, 1.165) is 9.13 Å². The maximum absolute atomic E-state index is 13.9. The van der Waals surface area contributed by atoms with Gasteiger partial charge in [-0.05, 0) is 78.4 Å². The van der Waals surface area contributed by atoms with Crippen molar-refractivity contribution >= 4 is 61.9 Å². The molecule has 11 heteroatoms. The van der Waals surface area contributed by atoms with Crippen LogP contribution in [0.15, 0.2) is 78.5 Å². The van der Waals surface area contributed by atoms with Crippen molar-refractivity contribution in [3.63, 3.8) is 0 Å². The van der Waals surface area contributed by atoms with Crippen LogP contribution in [0.5, 0.6) is 11.5 Å². The SMILES string of the molecule is CCOC(=O)C1=C(C)N=c2s/c(=C\c3ccc(-c4ccc(I)cc4)o3)c(=O)n2[C@H]1c1cc(OC)c(OC)cc1Br. The summed E-state index contributed by atoms with van der Waals surface area (Å²) in [5, 5.41) is 0. The smallest absolute Gasteiger partial charge is 0.338 e. The Hall–Kier alpha value is -3.16. The summed E-state index contributed by atoms with van der Waals surface area (Å²) in [6.45, 7) is 3.66. The number of carbonyl (C=O) groups excluding carboxylic acids is 1. The molecule has 5 rings (SSSR count). The first-order chi connectivity index (χ1) is 19.2. The average molecular weight is 735 g/mol. The molecule has 40 heavy (non-hydrogen) atoms. The normalized spacial score (nSPS) is 15.1. The Balaban J connectivity index is 1.68. The molecule has 0 saturated carbocycles. The van der Waals surface area contributed by atoms with E-state index in [4.69, 9.17) is 18.6 Å². The number of aromatic nitrogens is 1. The fraction of sp³-hybridized carbons (Fsp3) is 0.207. The molecule has 1 atom stereocenters. The van der Waals surface area contributed by atoms with E-state index in [2.05, 4.69) is 43.5 Å². The van der Waals surface area contributed by atoms with E-state index in [-0.39, 0.29) is 17.7 Å². The summed E-state index contributed by atoms with van der Waals surface area (Å²) >= 11 is 7.09. The lowest BCUT2D eigenvalue weighted by Gasteiger charge is -2.26. The fourth-order valence-electron chi connectivity index (χ4n) is 4.49. The van der Waals surface area contributed by atoms with Gasteiger partial charge in [-0.1, -0.05) is 39.4 Å². The number of fused-ring (bicyclic) bond motifs is 1. The molecule has 0 N–H and O–H groups in total. The van der Waals surface area contributed by atoms with Crippen molar-refractivity contribution in [1.82, 2.24) is 4.57 Å². The molecule has 3 heterocycles. The van der Waals surface area contributed by atoms with Crippen molar-refractivity contribution in [1.29, 1.82) is 0 Å². The number of nitrogens with zero attached hydrogens (tertiary/aromatic N) is 2. The topological polar surface area (TPSA) is 92.3 Å². The third-order valence-corrected chi connectivity index (χ3v) is 8.73. The Labute approximate surface area is 255 Å². The fourth-order valence-corrected chi connectivity index (χ4v) is 6.42. The first-order valence-electron chi connectivity index (χ1n) is 12.2. The number of allylic oxidation sites excluding steroid dienone is 1. The van der Waals surface area contributed by atoms with Gasteiger partial charge in [-0.25, -0.2) is 9.79 Å². The molecule has 0 spiro atoms. The Morgan fingerprint density at radius 2 is 1.85 bits per heavy atom. The van der Waals surface area contributed by atoms with Crippen LogP contribution < -0.4 is 24.4 Å². The highest BCUT2D eigenvalue weighted by Gasteiger charge is 2.35. The number of hydrogen-bond acceptors (Lipinski definition) is 8. The molecule has 2 aromatic carbocycles. The Morgan fingerprint density at radius 3 is 2.52 bits per heavy atom. The van der Waals surface area contributed by atoms with Gasteiger partial charge in [-0.2, -0.15) is 0 Å². The third kappa shape index (κ3) is 5.29. The monoisotopic (exact) mass is 734 g/mol. The van der Waals surface area contributed by atoms with E-state index in [1.54, 1.807) is 39.2 Å². The van der Waals surface area contributed by atoms with Crippen LogP contribution in [0.1, 0.15) is 31.2 Å². The number of thiazole rings is 1. The van der Waals surface area contributed by atoms with Gasteiger partial charge in [0.15, 0.2) is 16.3 Å². The second-order valence-electron chi connectivity index (χ2n) is 8.74. The lowest BCUT2D eigenvalue weighted by molar-refractivity contribution is -0.139. The predicted octanol–water partition coefficient (Wildman–Crippen LogP) is 5.44. The number of rotatable bonds is 7. The molecule has 0 bridgehead atoms. The summed E-state index contributed by atoms with van der Waals surface area (Å²) in [5.41, 5.74) is 2.00. The summed E-state index contributed by atoms with van der Waals surface area (Å²) in [4.78, 5) is 32.2. The lowest BCUT2D eigenvalue weighted by atomic mass is 9.95. The van der Waals surface area contributed by atoms with Gasteiger partial charge in [-0.3, -0.25) is 9.36 Å². The summed E-state index contributed by atoms with van der Waals surface area (Å²) in [6, 6.07) is 14.4. The van der Waals surface area contributed by atoms with Crippen LogP contribution in [0, 0.1) is 3.57 Å². The van der Waals surface area contributed by atoms with Crippen molar-refractivity contribution in [2.24, 2.45) is 4.99 Å². The zero-order valence-corrected chi connectivity index (χ0v) is 26.5. The standard InChI is InChI=1S/C29H24BrIN2O6S/c1-5-38-28(35)25-15(2)32-29-33(26(25)19-13-22(36-3)23(37-4)14-20(19)30)27(34)24(40-29)12-18-10-11-21(39-18)16-6-8-17(31)9-7-16/h6-14,26H,5H2,1-4H3/b24-12-/t26-/m0/s1. The minimum atomic E-state index is -0.814. The number of ether oxygens (including phenoxy) is 3. The summed E-state index contributed by atoms with van der Waals surface area (Å²) < 4.78 is 26.1. The van der Waals surface area contributed by atoms with Crippen molar-refractivity contribution < 1.29 is 23.4 Å². The number of furan rings is 1. The van der Waals surface area contributed by atoms with E-state index in [1.807, 2.05) is 36.4 Å². The van der Waals surface area contributed by atoms with Crippen molar-refractivity contribution in [3.8, 4) is 22.8 Å². The van der Waals surface area contributed by atoms with Gasteiger partial charge >= 0.3 is 5.97 Å². The van der Waals surface area contributed by atoms with Gasteiger partial charge in [0.25, 0.3) is 5.56 Å². The van der Waals surface area contributed by atoms with Gasteiger partial charge in [0.2, 0.25) is 0 Å². The summed E-state index contributed by atoms with van der Waals surface area (Å²) in [5.74, 6) is 1.65. The third-order valence-electron chi connectivity index (χ3n) is 6.34. The molecule has 1 aliphatic rings. The van der Waals surface area contributed by atoms with E-state index in [1.165, 1.54) is 23.0 Å². The Morgan fingerprint density at radius 1 is 1.15 bits per heavy atom. The predicted molar refractivity (Wildman–Crippen MR) is 165 cm³/mol. The highest BCUT2D eigenvalue weighted by Crippen LogP contribution is 2.40. The molecular formula is C29H24BrIN2O6S. The number of esters is 1. The number of methoxy groups -OCH3 is 2. The van der Waals surface area contributed by atoms with Gasteiger partial charge in [0, 0.05) is 19.7 Å². The van der Waals surface area contributed by atoms with E-state index < -0.39 is 12.0 Å². The number of hydrogen-bond donors (Lipinski definition) is 0. The van der Waals surface area contributed by atoms with Gasteiger partial charge in [0.1, 0.15) is 11.5 Å². The molecule has 206 valence electrons. The van der Waals surface area contributed by atoms with E-state index >= 15 is 0 Å². The van der Waals surface area contributed by atoms with Crippen LogP contribution in [0.25, 0.3) is 17.4 Å². The average Bonchev–Trinajstić information content (AvgIpc) is 3.52. The second kappa shape index (κ2) is 11.8. The first kappa shape index (κ1) is 28.4. The zero-order valence-electron chi connectivity index (χ0n) is 22.0. The van der Waals surface area contributed by atoms with Gasteiger partial charge in [-0.15, -0.1) is 0 Å². The van der Waals surface area contributed by atoms with E-state index in [9.17, 15) is 9.59 Å². The molecule has 0 fully saturated rings. The van der Waals surface area contributed by atoms with Crippen LogP contribution in [-0.4, -0.2) is 31.4 Å². The zero-order chi connectivity index (χ0) is 28.6. The molecule has 2 aromatic heterocycles. The van der Waals surface area contributed by atoms with Crippen molar-refractivity contribution in [3.05, 3.63) is 98.9 Å². The van der Waals surface area contributed by atoms with Gasteiger partial charge < -0.3 is 18.6 Å². The molecular weight excluding hydrogens is 711 g/mol. The molecule has 0 radical (unpaired) electrons. The molecule has 8 nitrogen and oxygen atoms in total. The van der Waals surface area contributed by atoms with Crippen LogP contribution in [0.3, 0.4) is 0 Å². The van der Waals surface area contributed by atoms with Crippen LogP contribution in [-0.2, 0) is 9.53 Å². The van der Waals surface area contributed by atoms with Crippen molar-refractivity contribution in [2.45, 2.75) is 19.9 Å². The van der Waals surface area contributed by atoms with Crippen LogP contribution in [0.4, 0.5) is 0 Å². The van der Waals surface area contributed by atoms with Gasteiger partial charge in [0.05, 0.1) is 42.7 Å². The highest BCUT2D eigenvalue weighted by molar-refractivity contribution is 14.1. The minimum absolute atomic E-state index is 0.182.